The van der Waals surface area contributed by atoms with E-state index in [1.165, 1.54) is 47.2 Å². The molecule has 0 spiro atoms. The summed E-state index contributed by atoms with van der Waals surface area (Å²) >= 11 is 0. The van der Waals surface area contributed by atoms with Gasteiger partial charge in [-0.2, -0.15) is 0 Å². The van der Waals surface area contributed by atoms with E-state index in [1.807, 2.05) is 6.07 Å². The molecule has 0 fully saturated rings. The van der Waals surface area contributed by atoms with E-state index in [1.54, 1.807) is 24.3 Å². The largest absolute Gasteiger partial charge is 0.573 e. The number of pyridine rings is 1. The summed E-state index contributed by atoms with van der Waals surface area (Å²) in [6, 6.07) is 20.2. The molecule has 1 amide bonds. The average molecular weight is 498 g/mol. The molecule has 0 unspecified atom stereocenters. The fourth-order valence-corrected chi connectivity index (χ4v) is 3.38. The third-order valence-corrected chi connectivity index (χ3v) is 5.01. The zero-order chi connectivity index (χ0) is 25.7. The summed E-state index contributed by atoms with van der Waals surface area (Å²) in [5.41, 5.74) is 1.36. The van der Waals surface area contributed by atoms with E-state index in [9.17, 15) is 27.2 Å². The molecule has 36 heavy (non-hydrogen) atoms. The molecule has 0 aliphatic heterocycles. The van der Waals surface area contributed by atoms with Crippen LogP contribution in [-0.4, -0.2) is 17.0 Å². The molecule has 4 rings (SSSR count). The summed E-state index contributed by atoms with van der Waals surface area (Å²) in [6.07, 6.45) is -4.27. The number of nitrogens with zero attached hydrogens (tertiary/aromatic N) is 1. The molecule has 0 atom stereocenters. The van der Waals surface area contributed by atoms with Gasteiger partial charge in [0.2, 0.25) is 0 Å². The van der Waals surface area contributed by atoms with E-state index in [4.69, 9.17) is 4.74 Å². The van der Waals surface area contributed by atoms with Gasteiger partial charge in [-0.25, -0.2) is 9.18 Å². The van der Waals surface area contributed by atoms with Gasteiger partial charge in [0.25, 0.3) is 5.56 Å². The maximum atomic E-state index is 13.5. The van der Waals surface area contributed by atoms with Crippen molar-refractivity contribution >= 4 is 11.8 Å². The molecule has 0 radical (unpaired) electrons. The predicted octanol–water partition coefficient (Wildman–Crippen LogP) is 6.29. The Hall–Kier alpha value is -4.60. The number of alkyl halides is 3. The highest BCUT2D eigenvalue weighted by Gasteiger charge is 2.31. The highest BCUT2D eigenvalue weighted by molar-refractivity contribution is 5.91. The molecule has 1 N–H and O–H groups in total. The van der Waals surface area contributed by atoms with Crippen LogP contribution in [0.25, 0.3) is 16.8 Å². The lowest BCUT2D eigenvalue weighted by Crippen LogP contribution is -2.21. The molecule has 4 aromatic rings. The fourth-order valence-electron chi connectivity index (χ4n) is 3.38. The second-order valence-electron chi connectivity index (χ2n) is 7.54. The monoisotopic (exact) mass is 498 g/mol. The summed E-state index contributed by atoms with van der Waals surface area (Å²) in [6.45, 7) is 0.00195. The highest BCUT2D eigenvalue weighted by Crippen LogP contribution is 2.29. The van der Waals surface area contributed by atoms with Gasteiger partial charge in [-0.15, -0.1) is 13.2 Å². The molecule has 6 nitrogen and oxygen atoms in total. The quantitative estimate of drug-likeness (QED) is 0.317. The van der Waals surface area contributed by atoms with Crippen LogP contribution >= 0.6 is 0 Å². The molecule has 0 bridgehead atoms. The van der Waals surface area contributed by atoms with Crippen LogP contribution in [0.5, 0.6) is 5.75 Å². The van der Waals surface area contributed by atoms with Crippen molar-refractivity contribution in [2.75, 3.05) is 5.32 Å². The number of aromatic nitrogens is 1. The van der Waals surface area contributed by atoms with Crippen LogP contribution < -0.4 is 15.6 Å². The van der Waals surface area contributed by atoms with Gasteiger partial charge in [-0.05, 0) is 47.5 Å². The minimum absolute atomic E-state index is 0.00195. The van der Waals surface area contributed by atoms with E-state index in [0.717, 1.165) is 23.8 Å². The van der Waals surface area contributed by atoms with Gasteiger partial charge in [0, 0.05) is 23.5 Å². The van der Waals surface area contributed by atoms with Gasteiger partial charge in [0.05, 0.1) is 5.69 Å². The standard InChI is InChI=1S/C26H18F4N2O4/c27-19-8-6-18(7-9-19)22-15-32(20-10-12-21(13-11-20)36-26(28,29)30)24(33)14-23(22)31-25(34)35-16-17-4-2-1-3-5-17/h1-15H,16H2,(H,31,34). The molecule has 1 aromatic heterocycles. The Balaban J connectivity index is 1.65. The van der Waals surface area contributed by atoms with E-state index in [-0.39, 0.29) is 18.0 Å². The molecule has 0 saturated carbocycles. The zero-order valence-corrected chi connectivity index (χ0v) is 18.5. The summed E-state index contributed by atoms with van der Waals surface area (Å²) < 4.78 is 61.1. The molecule has 184 valence electrons. The lowest BCUT2D eigenvalue weighted by Gasteiger charge is -2.15. The van der Waals surface area contributed by atoms with Gasteiger partial charge < -0.3 is 9.47 Å². The minimum Gasteiger partial charge on any atom is -0.444 e. The number of halogens is 4. The van der Waals surface area contributed by atoms with E-state index < -0.39 is 29.6 Å². The second-order valence-corrected chi connectivity index (χ2v) is 7.54. The maximum Gasteiger partial charge on any atom is 0.573 e. The van der Waals surface area contributed by atoms with Crippen molar-refractivity contribution in [1.29, 1.82) is 0 Å². The first-order chi connectivity index (χ1) is 17.2. The minimum atomic E-state index is -4.85. The van der Waals surface area contributed by atoms with Crippen molar-refractivity contribution in [3.8, 4) is 22.6 Å². The van der Waals surface area contributed by atoms with Crippen LogP contribution in [0.2, 0.25) is 0 Å². The topological polar surface area (TPSA) is 69.6 Å². The number of rotatable bonds is 6. The third kappa shape index (κ3) is 6.29. The maximum absolute atomic E-state index is 13.5. The van der Waals surface area contributed by atoms with Gasteiger partial charge in [-0.1, -0.05) is 42.5 Å². The molecular weight excluding hydrogens is 480 g/mol. The Bertz CT molecular complexity index is 1400. The Morgan fingerprint density at radius 1 is 0.917 bits per heavy atom. The number of nitrogens with one attached hydrogen (secondary N) is 1. The van der Waals surface area contributed by atoms with Crippen LogP contribution in [0.4, 0.5) is 28.0 Å². The van der Waals surface area contributed by atoms with Crippen LogP contribution in [0.15, 0.2) is 95.9 Å². The molecule has 0 saturated heterocycles. The Morgan fingerprint density at radius 2 is 1.58 bits per heavy atom. The van der Waals surface area contributed by atoms with Gasteiger partial charge in [-0.3, -0.25) is 14.7 Å². The van der Waals surface area contributed by atoms with Crippen molar-refractivity contribution in [2.24, 2.45) is 0 Å². The van der Waals surface area contributed by atoms with Crippen LogP contribution in [0, 0.1) is 5.82 Å². The van der Waals surface area contributed by atoms with E-state index >= 15 is 0 Å². The Labute approximate surface area is 202 Å². The smallest absolute Gasteiger partial charge is 0.444 e. The van der Waals surface area contributed by atoms with Crippen LogP contribution in [-0.2, 0) is 11.3 Å². The van der Waals surface area contributed by atoms with Gasteiger partial charge >= 0.3 is 12.5 Å². The summed E-state index contributed by atoms with van der Waals surface area (Å²) in [7, 11) is 0. The molecule has 1 heterocycles. The van der Waals surface area contributed by atoms with Crippen LogP contribution in [0.3, 0.4) is 0 Å². The summed E-state index contributed by atoms with van der Waals surface area (Å²) in [5, 5.41) is 2.54. The molecule has 0 aliphatic carbocycles. The number of anilines is 1. The third-order valence-electron chi connectivity index (χ3n) is 5.01. The lowest BCUT2D eigenvalue weighted by molar-refractivity contribution is -0.274. The molecule has 10 heteroatoms. The van der Waals surface area contributed by atoms with Crippen LogP contribution in [0.1, 0.15) is 5.56 Å². The van der Waals surface area contributed by atoms with E-state index in [0.29, 0.717) is 11.1 Å². The number of ether oxygens (including phenoxy) is 2. The summed E-state index contributed by atoms with van der Waals surface area (Å²) in [5.74, 6) is -0.929. The number of carbonyl (C=O) groups excluding carboxylic acids is 1. The normalized spacial score (nSPS) is 11.1. The molecule has 3 aromatic carbocycles. The van der Waals surface area contributed by atoms with Crippen molar-refractivity contribution in [3.05, 3.63) is 113 Å². The first-order valence-corrected chi connectivity index (χ1v) is 10.5. The number of benzene rings is 3. The Morgan fingerprint density at radius 3 is 2.22 bits per heavy atom. The first kappa shape index (κ1) is 24.5. The predicted molar refractivity (Wildman–Crippen MR) is 124 cm³/mol. The van der Waals surface area contributed by atoms with E-state index in [2.05, 4.69) is 10.1 Å². The van der Waals surface area contributed by atoms with Crippen molar-refractivity contribution < 1.29 is 31.8 Å². The molecule has 0 aliphatic rings. The van der Waals surface area contributed by atoms with Gasteiger partial charge in [0.15, 0.2) is 0 Å². The van der Waals surface area contributed by atoms with Crippen molar-refractivity contribution in [1.82, 2.24) is 4.57 Å². The number of carbonyl (C=O) groups is 1. The fraction of sp³-hybridized carbons (Fsp3) is 0.0769. The Kier molecular flexibility index (Phi) is 7.05. The first-order valence-electron chi connectivity index (χ1n) is 10.5. The van der Waals surface area contributed by atoms with Gasteiger partial charge in [0.1, 0.15) is 18.2 Å². The second kappa shape index (κ2) is 10.3. The number of hydrogen-bond donors (Lipinski definition) is 1. The van der Waals surface area contributed by atoms with Crippen molar-refractivity contribution in [3.63, 3.8) is 0 Å². The number of hydrogen-bond acceptors (Lipinski definition) is 4. The average Bonchev–Trinajstić information content (AvgIpc) is 2.84. The SMILES string of the molecule is O=C(Nc1cc(=O)n(-c2ccc(OC(F)(F)F)cc2)cc1-c1ccc(F)cc1)OCc1ccccc1. The zero-order valence-electron chi connectivity index (χ0n) is 18.5. The van der Waals surface area contributed by atoms with Crippen molar-refractivity contribution in [2.45, 2.75) is 13.0 Å². The lowest BCUT2D eigenvalue weighted by atomic mass is 10.1. The summed E-state index contributed by atoms with van der Waals surface area (Å²) in [4.78, 5) is 25.3. The highest BCUT2D eigenvalue weighted by atomic mass is 19.4. The number of amides is 1. The molecular formula is C26H18F4N2O4.